The van der Waals surface area contributed by atoms with Crippen LogP contribution in [0.4, 0.5) is 19.0 Å². The topological polar surface area (TPSA) is 74.5 Å². The number of aromatic nitrogens is 3. The highest BCUT2D eigenvalue weighted by atomic mass is 19.3. The summed E-state index contributed by atoms with van der Waals surface area (Å²) in [5.74, 6) is -3.74. The number of alkyl halides is 2. The van der Waals surface area contributed by atoms with E-state index in [0.717, 1.165) is 30.2 Å². The van der Waals surface area contributed by atoms with Gasteiger partial charge in [-0.15, -0.1) is 0 Å². The zero-order valence-corrected chi connectivity index (χ0v) is 16.6. The van der Waals surface area contributed by atoms with Crippen LogP contribution in [-0.4, -0.2) is 15.0 Å². The van der Waals surface area contributed by atoms with Crippen LogP contribution in [0.15, 0.2) is 30.6 Å². The normalized spacial score (nSPS) is 15.1. The number of nitrogens with zero attached hydrogens (tertiary/aromatic N) is 4. The Bertz CT molecular complexity index is 1170. The summed E-state index contributed by atoms with van der Waals surface area (Å²) in [5, 5.41) is 13.2. The molecule has 1 aliphatic rings. The number of rotatable bonds is 6. The fraction of sp³-hybridized carbons (Fsp3) is 0.364. The number of fused-ring (bicyclic) bond motifs is 1. The molecule has 8 heteroatoms. The lowest BCUT2D eigenvalue weighted by molar-refractivity contribution is -0.0118. The summed E-state index contributed by atoms with van der Waals surface area (Å²) in [4.78, 5) is 12.9. The minimum atomic E-state index is -3.23. The van der Waals surface area contributed by atoms with Crippen molar-refractivity contribution in [3.63, 3.8) is 0 Å². The van der Waals surface area contributed by atoms with Gasteiger partial charge in [-0.2, -0.15) is 5.26 Å². The Morgan fingerprint density at radius 1 is 1.27 bits per heavy atom. The van der Waals surface area contributed by atoms with Crippen molar-refractivity contribution in [1.29, 1.82) is 5.26 Å². The molecule has 1 aliphatic carbocycles. The van der Waals surface area contributed by atoms with Crippen LogP contribution >= 0.6 is 0 Å². The number of nitrogens with one attached hydrogen (secondary N) is 1. The lowest BCUT2D eigenvalue weighted by Crippen LogP contribution is -2.16. The molecule has 2 aromatic heterocycles. The Hall–Kier alpha value is -3.21. The summed E-state index contributed by atoms with van der Waals surface area (Å²) in [7, 11) is 0. The summed E-state index contributed by atoms with van der Waals surface area (Å²) < 4.78 is 42.7. The van der Waals surface area contributed by atoms with Gasteiger partial charge in [0.15, 0.2) is 5.65 Å². The molecule has 154 valence electrons. The lowest BCUT2D eigenvalue weighted by atomic mass is 9.95. The molecule has 0 amide bonds. The van der Waals surface area contributed by atoms with Crippen LogP contribution in [0.1, 0.15) is 48.6 Å². The smallest absolute Gasteiger partial charge is 0.275 e. The van der Waals surface area contributed by atoms with E-state index in [-0.39, 0.29) is 12.1 Å². The molecular formula is C22H20F3N5. The van der Waals surface area contributed by atoms with Crippen LogP contribution in [0.25, 0.3) is 11.0 Å². The van der Waals surface area contributed by atoms with Crippen LogP contribution in [0.5, 0.6) is 0 Å². The second kappa shape index (κ2) is 7.24. The first kappa shape index (κ1) is 20.1. The van der Waals surface area contributed by atoms with Gasteiger partial charge in [-0.05, 0) is 31.4 Å². The summed E-state index contributed by atoms with van der Waals surface area (Å²) >= 11 is 0. The van der Waals surface area contributed by atoms with Crippen molar-refractivity contribution < 1.29 is 13.2 Å². The number of benzene rings is 1. The van der Waals surface area contributed by atoms with E-state index in [9.17, 15) is 18.4 Å². The molecule has 0 aliphatic heterocycles. The largest absolute Gasteiger partial charge is 0.365 e. The van der Waals surface area contributed by atoms with Gasteiger partial charge in [0.2, 0.25) is 0 Å². The van der Waals surface area contributed by atoms with Crippen LogP contribution in [0.2, 0.25) is 0 Å². The maximum atomic E-state index is 14.7. The fourth-order valence-corrected chi connectivity index (χ4v) is 3.64. The zero-order valence-electron chi connectivity index (χ0n) is 16.6. The van der Waals surface area contributed by atoms with Gasteiger partial charge in [-0.3, -0.25) is 0 Å². The van der Waals surface area contributed by atoms with E-state index in [2.05, 4.69) is 26.3 Å². The van der Waals surface area contributed by atoms with Gasteiger partial charge in [0.25, 0.3) is 5.92 Å². The van der Waals surface area contributed by atoms with Crippen LogP contribution in [0, 0.1) is 24.1 Å². The molecule has 30 heavy (non-hydrogen) atoms. The molecule has 0 unspecified atom stereocenters. The predicted molar refractivity (Wildman–Crippen MR) is 107 cm³/mol. The highest BCUT2D eigenvalue weighted by Gasteiger charge is 2.46. The second-order valence-electron chi connectivity index (χ2n) is 7.60. The van der Waals surface area contributed by atoms with Crippen LogP contribution in [0.3, 0.4) is 0 Å². The van der Waals surface area contributed by atoms with Gasteiger partial charge in [0.05, 0.1) is 22.4 Å². The summed E-state index contributed by atoms with van der Waals surface area (Å²) in [6.45, 7) is 3.13. The summed E-state index contributed by atoms with van der Waals surface area (Å²) in [6.07, 6.45) is 2.41. The number of nitriles is 1. The molecule has 1 fully saturated rings. The zero-order chi connectivity index (χ0) is 21.5. The number of pyridine rings is 1. The predicted octanol–water partition coefficient (Wildman–Crippen LogP) is 5.14. The maximum absolute atomic E-state index is 14.7. The Balaban J connectivity index is 1.68. The van der Waals surface area contributed by atoms with Gasteiger partial charge < -0.3 is 5.32 Å². The molecule has 5 nitrogen and oxygen atoms in total. The molecular weight excluding hydrogens is 391 g/mol. The van der Waals surface area contributed by atoms with E-state index in [4.69, 9.17) is 0 Å². The molecule has 0 spiro atoms. The minimum Gasteiger partial charge on any atom is -0.365 e. The molecule has 1 N–H and O–H groups in total. The number of hydrogen-bond donors (Lipinski definition) is 1. The average Bonchev–Trinajstić information content (AvgIpc) is 3.53. The first-order valence-electron chi connectivity index (χ1n) is 9.75. The van der Waals surface area contributed by atoms with Crippen molar-refractivity contribution in [2.24, 2.45) is 0 Å². The molecule has 2 heterocycles. The molecule has 0 bridgehead atoms. The van der Waals surface area contributed by atoms with Gasteiger partial charge in [-0.25, -0.2) is 28.1 Å². The lowest BCUT2D eigenvalue weighted by Gasteiger charge is -2.17. The van der Waals surface area contributed by atoms with Crippen LogP contribution < -0.4 is 5.32 Å². The fourth-order valence-electron chi connectivity index (χ4n) is 3.64. The van der Waals surface area contributed by atoms with E-state index in [0.29, 0.717) is 16.9 Å². The molecule has 0 radical (unpaired) electrons. The Labute approximate surface area is 172 Å². The summed E-state index contributed by atoms with van der Waals surface area (Å²) in [5.41, 5.74) is 1.02. The number of aryl methyl sites for hydroxylation is 1. The van der Waals surface area contributed by atoms with Crippen molar-refractivity contribution in [3.05, 3.63) is 58.8 Å². The van der Waals surface area contributed by atoms with E-state index in [1.807, 2.05) is 13.0 Å². The van der Waals surface area contributed by atoms with E-state index >= 15 is 0 Å². The minimum absolute atomic E-state index is 0.0296. The van der Waals surface area contributed by atoms with Gasteiger partial charge in [-0.1, -0.05) is 25.1 Å². The molecule has 1 aromatic carbocycles. The number of hydrogen-bond acceptors (Lipinski definition) is 5. The molecule has 4 rings (SSSR count). The third-order valence-electron chi connectivity index (χ3n) is 5.66. The Kier molecular flexibility index (Phi) is 4.85. The van der Waals surface area contributed by atoms with Crippen molar-refractivity contribution in [2.45, 2.75) is 51.0 Å². The first-order valence-corrected chi connectivity index (χ1v) is 9.75. The van der Waals surface area contributed by atoms with E-state index in [1.165, 1.54) is 25.4 Å². The average molecular weight is 411 g/mol. The van der Waals surface area contributed by atoms with Crippen LogP contribution in [-0.2, 0) is 17.9 Å². The summed E-state index contributed by atoms with van der Waals surface area (Å²) in [6, 6.07) is 8.21. The Morgan fingerprint density at radius 2 is 2.03 bits per heavy atom. The maximum Gasteiger partial charge on any atom is 0.275 e. The molecule has 3 aromatic rings. The van der Waals surface area contributed by atoms with Gasteiger partial charge in [0.1, 0.15) is 18.0 Å². The third kappa shape index (κ3) is 3.34. The number of halogens is 3. The van der Waals surface area contributed by atoms with E-state index < -0.39 is 29.1 Å². The molecule has 1 saturated carbocycles. The molecule has 0 saturated heterocycles. The quantitative estimate of drug-likeness (QED) is 0.608. The van der Waals surface area contributed by atoms with Gasteiger partial charge in [0, 0.05) is 24.2 Å². The SMILES string of the molecule is CCC(F)(F)c1cccc(CNc2ncnc3nc(C)c(C4(C#N)CC4)cc23)c1F. The number of anilines is 1. The molecule has 0 atom stereocenters. The standard InChI is InChI=1S/C22H20F3N5/c1-3-22(24,25)16-6-4-5-14(18(16)23)10-27-19-15-9-17(21(11-26)7-8-21)13(2)30-20(15)29-12-28-19/h4-6,9,12H,3,7-8,10H2,1-2H3,(H,27,28,29,30). The first-order chi connectivity index (χ1) is 14.3. The van der Waals surface area contributed by atoms with Crippen molar-refractivity contribution >= 4 is 16.9 Å². The Morgan fingerprint density at radius 3 is 2.70 bits per heavy atom. The second-order valence-corrected chi connectivity index (χ2v) is 7.60. The third-order valence-corrected chi connectivity index (χ3v) is 5.66. The highest BCUT2D eigenvalue weighted by Crippen LogP contribution is 2.49. The highest BCUT2D eigenvalue weighted by molar-refractivity contribution is 5.87. The van der Waals surface area contributed by atoms with Crippen molar-refractivity contribution in [1.82, 2.24) is 15.0 Å². The van der Waals surface area contributed by atoms with Crippen molar-refractivity contribution in [2.75, 3.05) is 5.32 Å². The monoisotopic (exact) mass is 411 g/mol. The van der Waals surface area contributed by atoms with E-state index in [1.54, 1.807) is 0 Å². The van der Waals surface area contributed by atoms with Gasteiger partial charge >= 0.3 is 0 Å². The van der Waals surface area contributed by atoms with Crippen molar-refractivity contribution in [3.8, 4) is 6.07 Å².